The first-order valence-corrected chi connectivity index (χ1v) is 6.69. The fraction of sp³-hybridized carbons (Fsp3) is 0.500. The van der Waals surface area contributed by atoms with Crippen LogP contribution in [0, 0.1) is 16.0 Å². The van der Waals surface area contributed by atoms with Crippen molar-refractivity contribution in [2.75, 3.05) is 19.4 Å². The maximum atomic E-state index is 12.5. The summed E-state index contributed by atoms with van der Waals surface area (Å²) in [4.78, 5) is 24.7. The van der Waals surface area contributed by atoms with Crippen LogP contribution in [0.1, 0.15) is 30.1 Å². The highest BCUT2D eigenvalue weighted by Gasteiger charge is 2.34. The van der Waals surface area contributed by atoms with E-state index in [4.69, 9.17) is 0 Å². The van der Waals surface area contributed by atoms with Crippen LogP contribution >= 0.6 is 0 Å². The van der Waals surface area contributed by atoms with Crippen LogP contribution in [-0.4, -0.2) is 35.9 Å². The predicted octanol–water partition coefficient (Wildman–Crippen LogP) is 2.51. The second kappa shape index (κ2) is 5.48. The smallest absolute Gasteiger partial charge is 0.282 e. The quantitative estimate of drug-likeness (QED) is 0.662. The predicted molar refractivity (Wildman–Crippen MR) is 76.9 cm³/mol. The minimum atomic E-state index is -0.512. The molecular formula is C14H19N3O3. The minimum Gasteiger partial charge on any atom is -0.388 e. The summed E-state index contributed by atoms with van der Waals surface area (Å²) in [5, 5.41) is 14.0. The molecular weight excluding hydrogens is 258 g/mol. The van der Waals surface area contributed by atoms with Gasteiger partial charge in [0.2, 0.25) is 0 Å². The van der Waals surface area contributed by atoms with Crippen LogP contribution < -0.4 is 5.32 Å². The Morgan fingerprint density at radius 1 is 1.50 bits per heavy atom. The molecule has 6 nitrogen and oxygen atoms in total. The topological polar surface area (TPSA) is 75.5 Å². The van der Waals surface area contributed by atoms with Gasteiger partial charge in [0.25, 0.3) is 11.6 Å². The highest BCUT2D eigenvalue weighted by Crippen LogP contribution is 2.35. The molecule has 1 N–H and O–H groups in total. The number of nitrogens with zero attached hydrogens (tertiary/aromatic N) is 2. The molecule has 1 fully saturated rings. The lowest BCUT2D eigenvalue weighted by Crippen LogP contribution is -2.36. The van der Waals surface area contributed by atoms with Gasteiger partial charge in [0.1, 0.15) is 5.56 Å². The highest BCUT2D eigenvalue weighted by atomic mass is 16.6. The van der Waals surface area contributed by atoms with Gasteiger partial charge in [-0.3, -0.25) is 14.9 Å². The largest absolute Gasteiger partial charge is 0.388 e. The van der Waals surface area contributed by atoms with E-state index in [1.807, 2.05) is 6.92 Å². The average Bonchev–Trinajstić information content (AvgIpc) is 3.28. The third-order valence-electron chi connectivity index (χ3n) is 3.95. The summed E-state index contributed by atoms with van der Waals surface area (Å²) in [5.41, 5.74) is 0.673. The zero-order valence-electron chi connectivity index (χ0n) is 11.9. The lowest BCUT2D eigenvalue weighted by atomic mass is 10.1. The van der Waals surface area contributed by atoms with E-state index in [1.54, 1.807) is 25.1 Å². The molecule has 1 amide bonds. The second-order valence-corrected chi connectivity index (χ2v) is 5.23. The van der Waals surface area contributed by atoms with E-state index in [9.17, 15) is 14.9 Å². The molecule has 0 heterocycles. The number of nitro benzene ring substituents is 1. The number of rotatable bonds is 5. The number of carbonyl (C=O) groups excluding carboxylic acids is 1. The Morgan fingerprint density at radius 2 is 2.15 bits per heavy atom. The molecule has 20 heavy (non-hydrogen) atoms. The van der Waals surface area contributed by atoms with E-state index in [2.05, 4.69) is 5.32 Å². The molecule has 0 saturated heterocycles. The standard InChI is InChI=1S/C14H19N3O3/c1-9(10-4-5-10)16(3)14(18)12-8-11(15-2)6-7-13(12)17(19)20/h6-10,15H,4-5H2,1-3H3. The van der Waals surface area contributed by atoms with Crippen molar-refractivity contribution in [2.24, 2.45) is 5.92 Å². The van der Waals surface area contributed by atoms with Gasteiger partial charge in [0.05, 0.1) is 4.92 Å². The van der Waals surface area contributed by atoms with E-state index in [0.29, 0.717) is 11.6 Å². The number of benzene rings is 1. The molecule has 1 aromatic rings. The molecule has 0 bridgehead atoms. The van der Waals surface area contributed by atoms with Crippen molar-refractivity contribution < 1.29 is 9.72 Å². The molecule has 1 unspecified atom stereocenters. The van der Waals surface area contributed by atoms with Gasteiger partial charge < -0.3 is 10.2 Å². The van der Waals surface area contributed by atoms with Gasteiger partial charge in [-0.25, -0.2) is 0 Å². The molecule has 0 radical (unpaired) electrons. The molecule has 1 aromatic carbocycles. The van der Waals surface area contributed by atoms with Crippen LogP contribution in [0.2, 0.25) is 0 Å². The average molecular weight is 277 g/mol. The second-order valence-electron chi connectivity index (χ2n) is 5.23. The molecule has 6 heteroatoms. The van der Waals surface area contributed by atoms with Crippen molar-refractivity contribution in [3.05, 3.63) is 33.9 Å². The first-order valence-electron chi connectivity index (χ1n) is 6.69. The fourth-order valence-electron chi connectivity index (χ4n) is 2.29. The van der Waals surface area contributed by atoms with Gasteiger partial charge in [0, 0.05) is 31.9 Å². The van der Waals surface area contributed by atoms with E-state index >= 15 is 0 Å². The van der Waals surface area contributed by atoms with Crippen molar-refractivity contribution in [2.45, 2.75) is 25.8 Å². The molecule has 1 aliphatic carbocycles. The molecule has 0 aliphatic heterocycles. The van der Waals surface area contributed by atoms with Crippen LogP contribution in [0.3, 0.4) is 0 Å². The Morgan fingerprint density at radius 3 is 2.65 bits per heavy atom. The Hall–Kier alpha value is -2.11. The van der Waals surface area contributed by atoms with Crippen LogP contribution in [0.25, 0.3) is 0 Å². The fourth-order valence-corrected chi connectivity index (χ4v) is 2.29. The number of amides is 1. The van der Waals surface area contributed by atoms with E-state index in [1.165, 1.54) is 12.1 Å². The van der Waals surface area contributed by atoms with Crippen LogP contribution in [0.15, 0.2) is 18.2 Å². The number of carbonyl (C=O) groups is 1. The molecule has 2 rings (SSSR count). The van der Waals surface area contributed by atoms with Crippen molar-refractivity contribution in [3.63, 3.8) is 0 Å². The minimum absolute atomic E-state index is 0.111. The summed E-state index contributed by atoms with van der Waals surface area (Å²) < 4.78 is 0. The molecule has 1 saturated carbocycles. The Labute approximate surface area is 117 Å². The lowest BCUT2D eigenvalue weighted by Gasteiger charge is -2.25. The number of nitro groups is 1. The van der Waals surface area contributed by atoms with Gasteiger partial charge in [0.15, 0.2) is 0 Å². The van der Waals surface area contributed by atoms with Gasteiger partial charge in [-0.05, 0) is 37.8 Å². The monoisotopic (exact) mass is 277 g/mol. The van der Waals surface area contributed by atoms with Gasteiger partial charge in [-0.1, -0.05) is 0 Å². The summed E-state index contributed by atoms with van der Waals surface area (Å²) in [5.74, 6) is 0.226. The number of anilines is 1. The van der Waals surface area contributed by atoms with E-state index in [-0.39, 0.29) is 23.2 Å². The van der Waals surface area contributed by atoms with Gasteiger partial charge in [-0.2, -0.15) is 0 Å². The summed E-state index contributed by atoms with van der Waals surface area (Å²) in [6.45, 7) is 1.99. The number of hydrogen-bond donors (Lipinski definition) is 1. The highest BCUT2D eigenvalue weighted by molar-refractivity contribution is 5.99. The Kier molecular flexibility index (Phi) is 3.92. The number of hydrogen-bond acceptors (Lipinski definition) is 4. The van der Waals surface area contributed by atoms with Gasteiger partial charge >= 0.3 is 0 Å². The summed E-state index contributed by atoms with van der Waals surface area (Å²) in [6.07, 6.45) is 2.24. The summed E-state index contributed by atoms with van der Waals surface area (Å²) in [7, 11) is 3.42. The maximum absolute atomic E-state index is 12.5. The van der Waals surface area contributed by atoms with E-state index in [0.717, 1.165) is 12.8 Å². The SMILES string of the molecule is CNc1ccc([N+](=O)[O-])c(C(=O)N(C)C(C)C2CC2)c1. The zero-order chi connectivity index (χ0) is 14.9. The van der Waals surface area contributed by atoms with Gasteiger partial charge in [-0.15, -0.1) is 0 Å². The first kappa shape index (κ1) is 14.3. The lowest BCUT2D eigenvalue weighted by molar-refractivity contribution is -0.385. The summed E-state index contributed by atoms with van der Waals surface area (Å²) >= 11 is 0. The molecule has 0 aromatic heterocycles. The summed E-state index contributed by atoms with van der Waals surface area (Å²) in [6, 6.07) is 4.62. The normalized spacial score (nSPS) is 15.6. The van der Waals surface area contributed by atoms with Crippen LogP contribution in [0.5, 0.6) is 0 Å². The molecule has 1 aliphatic rings. The van der Waals surface area contributed by atoms with Crippen molar-refractivity contribution >= 4 is 17.3 Å². The number of nitrogens with one attached hydrogen (secondary N) is 1. The zero-order valence-corrected chi connectivity index (χ0v) is 11.9. The van der Waals surface area contributed by atoms with Crippen LogP contribution in [0.4, 0.5) is 11.4 Å². The Bertz CT molecular complexity index is 540. The maximum Gasteiger partial charge on any atom is 0.282 e. The first-order chi connectivity index (χ1) is 9.45. The van der Waals surface area contributed by atoms with Crippen molar-refractivity contribution in [3.8, 4) is 0 Å². The van der Waals surface area contributed by atoms with Crippen molar-refractivity contribution in [1.29, 1.82) is 0 Å². The molecule has 108 valence electrons. The Balaban J connectivity index is 2.33. The molecule has 1 atom stereocenters. The van der Waals surface area contributed by atoms with Crippen LogP contribution in [-0.2, 0) is 0 Å². The third-order valence-corrected chi connectivity index (χ3v) is 3.95. The van der Waals surface area contributed by atoms with E-state index < -0.39 is 4.92 Å². The van der Waals surface area contributed by atoms with Crippen molar-refractivity contribution in [1.82, 2.24) is 4.90 Å². The molecule has 0 spiro atoms. The third kappa shape index (κ3) is 2.74.